The van der Waals surface area contributed by atoms with Gasteiger partial charge in [-0.1, -0.05) is 37.3 Å². The average Bonchev–Trinajstić information content (AvgIpc) is 2.48. The van der Waals surface area contributed by atoms with Gasteiger partial charge >= 0.3 is 0 Å². The van der Waals surface area contributed by atoms with Crippen LogP contribution in [-0.2, 0) is 9.53 Å². The molecule has 3 atom stereocenters. The molecule has 118 valence electrons. The zero-order chi connectivity index (χ0) is 14.5. The van der Waals surface area contributed by atoms with E-state index in [0.717, 1.165) is 6.54 Å². The number of carbonyl (C=O) groups is 1. The normalized spacial score (nSPS) is 23.0. The zero-order valence-electron chi connectivity index (χ0n) is 12.9. The number of nitrogens with zero attached hydrogens (tertiary/aromatic N) is 1. The van der Waals surface area contributed by atoms with Crippen molar-refractivity contribution in [2.24, 2.45) is 0 Å². The summed E-state index contributed by atoms with van der Waals surface area (Å²) in [4.78, 5) is 14.3. The highest BCUT2D eigenvalue weighted by atomic mass is 35.5. The van der Waals surface area contributed by atoms with E-state index in [2.05, 4.69) is 24.4 Å². The first kappa shape index (κ1) is 18.0. The van der Waals surface area contributed by atoms with E-state index < -0.39 is 0 Å². The molecule has 0 spiro atoms. The molecule has 0 saturated carbocycles. The maximum absolute atomic E-state index is 12.5. The Balaban J connectivity index is 0.00000220. The smallest absolute Gasteiger partial charge is 0.242 e. The number of amides is 1. The van der Waals surface area contributed by atoms with Gasteiger partial charge in [0.2, 0.25) is 5.91 Å². The molecule has 1 aromatic rings. The van der Waals surface area contributed by atoms with E-state index in [-0.39, 0.29) is 30.5 Å². The van der Waals surface area contributed by atoms with Crippen LogP contribution in [0.5, 0.6) is 0 Å². The van der Waals surface area contributed by atoms with Crippen molar-refractivity contribution in [2.45, 2.75) is 31.9 Å². The highest BCUT2D eigenvalue weighted by Crippen LogP contribution is 2.16. The van der Waals surface area contributed by atoms with E-state index in [9.17, 15) is 4.79 Å². The number of ether oxygens (including phenoxy) is 1. The van der Waals surface area contributed by atoms with Crippen LogP contribution in [0, 0.1) is 0 Å². The highest BCUT2D eigenvalue weighted by Gasteiger charge is 2.30. The first-order valence-electron chi connectivity index (χ1n) is 7.24. The zero-order valence-corrected chi connectivity index (χ0v) is 13.7. The van der Waals surface area contributed by atoms with Gasteiger partial charge in [-0.2, -0.15) is 0 Å². The van der Waals surface area contributed by atoms with E-state index in [0.29, 0.717) is 19.1 Å². The molecular weight excluding hydrogens is 288 g/mol. The lowest BCUT2D eigenvalue weighted by atomic mass is 10.0. The number of hydrogen-bond acceptors (Lipinski definition) is 3. The molecule has 0 bridgehead atoms. The molecule has 1 heterocycles. The van der Waals surface area contributed by atoms with Gasteiger partial charge < -0.3 is 15.0 Å². The molecule has 1 N–H and O–H groups in total. The summed E-state index contributed by atoms with van der Waals surface area (Å²) in [7, 11) is 1.87. The molecule has 1 unspecified atom stereocenters. The van der Waals surface area contributed by atoms with E-state index in [4.69, 9.17) is 4.74 Å². The Bertz CT molecular complexity index is 441. The SMILES string of the molecule is CC(CN(C)C(=O)[C@H]1NCCO[C@@H]1C)c1ccccc1.Cl. The summed E-state index contributed by atoms with van der Waals surface area (Å²) in [5.74, 6) is 0.435. The molecule has 1 aliphatic rings. The van der Waals surface area contributed by atoms with Crippen molar-refractivity contribution >= 4 is 18.3 Å². The highest BCUT2D eigenvalue weighted by molar-refractivity contribution is 5.85. The van der Waals surface area contributed by atoms with E-state index in [1.165, 1.54) is 5.56 Å². The number of benzene rings is 1. The van der Waals surface area contributed by atoms with Gasteiger partial charge in [0.1, 0.15) is 6.04 Å². The maximum atomic E-state index is 12.5. The van der Waals surface area contributed by atoms with Crippen molar-refractivity contribution in [1.82, 2.24) is 10.2 Å². The summed E-state index contributed by atoms with van der Waals surface area (Å²) in [6.45, 7) is 6.22. The van der Waals surface area contributed by atoms with Crippen LogP contribution in [0.2, 0.25) is 0 Å². The van der Waals surface area contributed by atoms with Crippen LogP contribution in [0.3, 0.4) is 0 Å². The van der Waals surface area contributed by atoms with Crippen LogP contribution in [0.1, 0.15) is 25.3 Å². The lowest BCUT2D eigenvalue weighted by Gasteiger charge is -2.33. The van der Waals surface area contributed by atoms with Gasteiger partial charge in [0, 0.05) is 20.1 Å². The third-order valence-corrected chi connectivity index (χ3v) is 3.88. The van der Waals surface area contributed by atoms with Crippen molar-refractivity contribution in [1.29, 1.82) is 0 Å². The standard InChI is InChI=1S/C16H24N2O2.ClH/c1-12(14-7-5-4-6-8-14)11-18(3)16(19)15-13(2)20-10-9-17-15;/h4-8,12-13,15,17H,9-11H2,1-3H3;1H/t12?,13-,15+;/m1./s1. The van der Waals surface area contributed by atoms with Gasteiger partial charge in [0.05, 0.1) is 12.7 Å². The predicted octanol–water partition coefficient (Wildman–Crippen LogP) is 2.05. The van der Waals surface area contributed by atoms with Crippen LogP contribution >= 0.6 is 12.4 Å². The van der Waals surface area contributed by atoms with Crippen molar-refractivity contribution in [3.05, 3.63) is 35.9 Å². The molecule has 1 aromatic carbocycles. The fraction of sp³-hybridized carbons (Fsp3) is 0.562. The topological polar surface area (TPSA) is 41.6 Å². The number of halogens is 1. The number of nitrogens with one attached hydrogen (secondary N) is 1. The van der Waals surface area contributed by atoms with Crippen molar-refractivity contribution in [3.8, 4) is 0 Å². The second kappa shape index (κ2) is 8.37. The van der Waals surface area contributed by atoms with Crippen LogP contribution in [-0.4, -0.2) is 49.7 Å². The Kier molecular flexibility index (Phi) is 7.15. The summed E-state index contributed by atoms with van der Waals surface area (Å²) in [5, 5.41) is 3.25. The summed E-state index contributed by atoms with van der Waals surface area (Å²) >= 11 is 0. The quantitative estimate of drug-likeness (QED) is 0.925. The minimum atomic E-state index is -0.225. The molecule has 4 nitrogen and oxygen atoms in total. The Morgan fingerprint density at radius 3 is 2.71 bits per heavy atom. The minimum absolute atomic E-state index is 0. The van der Waals surface area contributed by atoms with Crippen LogP contribution < -0.4 is 5.32 Å². The number of rotatable bonds is 4. The van der Waals surface area contributed by atoms with Gasteiger partial charge in [-0.3, -0.25) is 4.79 Å². The molecule has 1 fully saturated rings. The molecule has 2 rings (SSSR count). The van der Waals surface area contributed by atoms with Crippen LogP contribution in [0.15, 0.2) is 30.3 Å². The molecule has 1 amide bonds. The number of likely N-dealkylation sites (N-methyl/N-ethyl adjacent to an activating group) is 1. The maximum Gasteiger partial charge on any atom is 0.242 e. The predicted molar refractivity (Wildman–Crippen MR) is 86.9 cm³/mol. The van der Waals surface area contributed by atoms with Gasteiger partial charge in [0.15, 0.2) is 0 Å². The lowest BCUT2D eigenvalue weighted by molar-refractivity contribution is -0.138. The average molecular weight is 313 g/mol. The largest absolute Gasteiger partial charge is 0.375 e. The van der Waals surface area contributed by atoms with Gasteiger partial charge in [0.25, 0.3) is 0 Å². The van der Waals surface area contributed by atoms with E-state index in [1.54, 1.807) is 4.90 Å². The Labute approximate surface area is 133 Å². The van der Waals surface area contributed by atoms with Crippen molar-refractivity contribution in [3.63, 3.8) is 0 Å². The summed E-state index contributed by atoms with van der Waals surface area (Å²) in [6.07, 6.45) is -0.0641. The van der Waals surface area contributed by atoms with Crippen LogP contribution in [0.25, 0.3) is 0 Å². The van der Waals surface area contributed by atoms with Crippen LogP contribution in [0.4, 0.5) is 0 Å². The second-order valence-corrected chi connectivity index (χ2v) is 5.54. The van der Waals surface area contributed by atoms with Gasteiger partial charge in [-0.25, -0.2) is 0 Å². The molecule has 1 saturated heterocycles. The van der Waals surface area contributed by atoms with Crippen molar-refractivity contribution in [2.75, 3.05) is 26.7 Å². The molecule has 0 aromatic heterocycles. The number of hydrogen-bond donors (Lipinski definition) is 1. The second-order valence-electron chi connectivity index (χ2n) is 5.54. The lowest BCUT2D eigenvalue weighted by Crippen LogP contribution is -2.56. The summed E-state index contributed by atoms with van der Waals surface area (Å²) in [6, 6.07) is 10.1. The monoisotopic (exact) mass is 312 g/mol. The Hall–Kier alpha value is -1.10. The number of carbonyl (C=O) groups excluding carboxylic acids is 1. The Morgan fingerprint density at radius 1 is 1.43 bits per heavy atom. The molecule has 0 radical (unpaired) electrons. The molecule has 1 aliphatic heterocycles. The third kappa shape index (κ3) is 4.70. The fourth-order valence-electron chi connectivity index (χ4n) is 2.63. The van der Waals surface area contributed by atoms with E-state index in [1.807, 2.05) is 32.2 Å². The Morgan fingerprint density at radius 2 is 2.10 bits per heavy atom. The molecular formula is C16H25ClN2O2. The summed E-state index contributed by atoms with van der Waals surface area (Å²) < 4.78 is 5.54. The van der Waals surface area contributed by atoms with E-state index >= 15 is 0 Å². The molecule has 5 heteroatoms. The molecule has 21 heavy (non-hydrogen) atoms. The number of morpholine rings is 1. The minimum Gasteiger partial charge on any atom is -0.375 e. The van der Waals surface area contributed by atoms with Crippen molar-refractivity contribution < 1.29 is 9.53 Å². The fourth-order valence-corrected chi connectivity index (χ4v) is 2.63. The first-order valence-corrected chi connectivity index (χ1v) is 7.24. The van der Waals surface area contributed by atoms with Gasteiger partial charge in [-0.15, -0.1) is 12.4 Å². The molecule has 0 aliphatic carbocycles. The third-order valence-electron chi connectivity index (χ3n) is 3.88. The first-order chi connectivity index (χ1) is 9.59. The van der Waals surface area contributed by atoms with Gasteiger partial charge in [-0.05, 0) is 18.4 Å². The summed E-state index contributed by atoms with van der Waals surface area (Å²) in [5.41, 5.74) is 1.26.